The van der Waals surface area contributed by atoms with Crippen LogP contribution >= 0.6 is 0 Å². The van der Waals surface area contributed by atoms with Crippen LogP contribution in [0.1, 0.15) is 41.0 Å². The summed E-state index contributed by atoms with van der Waals surface area (Å²) < 4.78 is 17.7. The van der Waals surface area contributed by atoms with E-state index in [1.807, 2.05) is 48.5 Å². The van der Waals surface area contributed by atoms with Crippen molar-refractivity contribution in [2.24, 2.45) is 5.10 Å². The monoisotopic (exact) mass is 567 g/mol. The molecule has 0 radical (unpaired) electrons. The number of hydrazone groups is 1. The molecule has 1 fully saturated rings. The van der Waals surface area contributed by atoms with Gasteiger partial charge in [-0.25, -0.2) is 10.1 Å². The van der Waals surface area contributed by atoms with E-state index in [0.29, 0.717) is 35.1 Å². The Morgan fingerprint density at radius 1 is 1.05 bits per heavy atom. The Hall–Kier alpha value is -5.30. The normalized spacial score (nSPS) is 13.9. The first-order valence-electron chi connectivity index (χ1n) is 13.5. The topological polar surface area (TPSA) is 159 Å². The molecule has 0 spiro atoms. The van der Waals surface area contributed by atoms with Crippen LogP contribution in [0.15, 0.2) is 70.4 Å². The summed E-state index contributed by atoms with van der Waals surface area (Å²) in [6, 6.07) is 19.3. The summed E-state index contributed by atoms with van der Waals surface area (Å²) in [4.78, 5) is 15.6. The van der Waals surface area contributed by atoms with Crippen molar-refractivity contribution in [3.8, 4) is 23.1 Å². The molecule has 3 N–H and O–H groups in total. The van der Waals surface area contributed by atoms with E-state index >= 15 is 0 Å². The Kier molecular flexibility index (Phi) is 7.72. The lowest BCUT2D eigenvalue weighted by Gasteiger charge is -2.25. The third-order valence-corrected chi connectivity index (χ3v) is 7.01. The number of nitrogen functional groups attached to an aromatic ring is 1. The number of methoxy groups -OCH3 is 1. The second-order valence-corrected chi connectivity index (χ2v) is 9.80. The van der Waals surface area contributed by atoms with Gasteiger partial charge in [-0.15, -0.1) is 5.10 Å². The molecule has 1 aliphatic rings. The Morgan fingerprint density at radius 3 is 2.69 bits per heavy atom. The van der Waals surface area contributed by atoms with Crippen LogP contribution in [-0.2, 0) is 6.54 Å². The molecule has 0 saturated carbocycles. The first kappa shape index (κ1) is 26.9. The zero-order valence-corrected chi connectivity index (χ0v) is 22.9. The SMILES string of the molecule is COc1cc(/C=N/NC(=O)c2c(CN3CCCCC3)nnn2-c2nonc2N)ccc1Oc1cccc2ccccc12. The Morgan fingerprint density at radius 2 is 1.88 bits per heavy atom. The van der Waals surface area contributed by atoms with Crippen molar-refractivity contribution < 1.29 is 18.9 Å². The van der Waals surface area contributed by atoms with Crippen LogP contribution in [-0.4, -0.2) is 62.5 Å². The second kappa shape index (κ2) is 12.1. The minimum atomic E-state index is -0.534. The average molecular weight is 568 g/mol. The number of piperidine rings is 1. The number of hydrogen-bond acceptors (Lipinski definition) is 11. The van der Waals surface area contributed by atoms with Gasteiger partial charge < -0.3 is 15.2 Å². The number of aromatic nitrogens is 5. The highest BCUT2D eigenvalue weighted by Crippen LogP contribution is 2.35. The van der Waals surface area contributed by atoms with Crippen molar-refractivity contribution in [1.29, 1.82) is 0 Å². The van der Waals surface area contributed by atoms with E-state index in [-0.39, 0.29) is 17.3 Å². The lowest BCUT2D eigenvalue weighted by molar-refractivity contribution is 0.0944. The third-order valence-electron chi connectivity index (χ3n) is 7.01. The molecule has 13 nitrogen and oxygen atoms in total. The minimum absolute atomic E-state index is 0.0140. The first-order chi connectivity index (χ1) is 20.6. The molecule has 13 heteroatoms. The van der Waals surface area contributed by atoms with Gasteiger partial charge in [-0.05, 0) is 71.5 Å². The number of amides is 1. The standard InChI is InChI=1S/C29H29N9O4/c1-40-25-16-19(12-13-24(25)41-23-11-7-9-20-8-3-4-10-21(20)23)17-31-33-29(39)26-22(18-37-14-5-2-6-15-37)32-36-38(26)28-27(30)34-42-35-28/h3-4,7-13,16-17H,2,5-6,14-15,18H2,1H3,(H2,30,34)(H,33,39)/b31-17+. The number of nitrogens with two attached hydrogens (primary N) is 1. The molecular weight excluding hydrogens is 538 g/mol. The van der Waals surface area contributed by atoms with E-state index in [4.69, 9.17) is 19.8 Å². The first-order valence-corrected chi connectivity index (χ1v) is 13.5. The van der Waals surface area contributed by atoms with Crippen LogP contribution in [0.25, 0.3) is 16.6 Å². The van der Waals surface area contributed by atoms with E-state index in [1.54, 1.807) is 19.2 Å². The molecule has 5 aromatic rings. The van der Waals surface area contributed by atoms with Crippen LogP contribution in [0, 0.1) is 0 Å². The van der Waals surface area contributed by atoms with Crippen molar-refractivity contribution in [2.75, 3.05) is 25.9 Å². The Bertz CT molecular complexity index is 1740. The summed E-state index contributed by atoms with van der Waals surface area (Å²) in [5.41, 5.74) is 9.75. The molecule has 0 bridgehead atoms. The summed E-state index contributed by atoms with van der Waals surface area (Å²) in [6.07, 6.45) is 4.88. The predicted octanol–water partition coefficient (Wildman–Crippen LogP) is 3.94. The minimum Gasteiger partial charge on any atom is -0.493 e. The third kappa shape index (κ3) is 5.63. The van der Waals surface area contributed by atoms with Crippen molar-refractivity contribution in [3.63, 3.8) is 0 Å². The number of rotatable bonds is 9. The van der Waals surface area contributed by atoms with E-state index in [9.17, 15) is 4.79 Å². The smallest absolute Gasteiger partial charge is 0.292 e. The molecule has 42 heavy (non-hydrogen) atoms. The maximum Gasteiger partial charge on any atom is 0.292 e. The molecule has 3 aromatic carbocycles. The number of nitrogens with one attached hydrogen (secondary N) is 1. The van der Waals surface area contributed by atoms with Gasteiger partial charge in [0.1, 0.15) is 11.4 Å². The average Bonchev–Trinajstić information content (AvgIpc) is 3.64. The van der Waals surface area contributed by atoms with E-state index < -0.39 is 5.91 Å². The summed E-state index contributed by atoms with van der Waals surface area (Å²) in [7, 11) is 1.57. The molecule has 1 amide bonds. The molecule has 0 aliphatic carbocycles. The number of carbonyl (C=O) groups excluding carboxylic acids is 1. The van der Waals surface area contributed by atoms with Gasteiger partial charge in [0.2, 0.25) is 11.6 Å². The number of benzene rings is 3. The summed E-state index contributed by atoms with van der Waals surface area (Å²) in [5, 5.41) is 22.0. The van der Waals surface area contributed by atoms with Crippen molar-refractivity contribution >= 4 is 28.7 Å². The number of likely N-dealkylation sites (tertiary alicyclic amines) is 1. The molecule has 0 atom stereocenters. The van der Waals surface area contributed by atoms with Gasteiger partial charge in [0.25, 0.3) is 5.91 Å². The van der Waals surface area contributed by atoms with Gasteiger partial charge in [-0.1, -0.05) is 48.0 Å². The fourth-order valence-electron chi connectivity index (χ4n) is 4.93. The maximum absolute atomic E-state index is 13.4. The molecule has 0 unspecified atom stereocenters. The lowest BCUT2D eigenvalue weighted by Crippen LogP contribution is -2.31. The van der Waals surface area contributed by atoms with E-state index in [0.717, 1.165) is 36.7 Å². The molecular formula is C29H29N9O4. The fraction of sp³-hybridized carbons (Fsp3) is 0.241. The number of ether oxygens (including phenoxy) is 2. The van der Waals surface area contributed by atoms with Crippen molar-refractivity contribution in [2.45, 2.75) is 25.8 Å². The second-order valence-electron chi connectivity index (χ2n) is 9.80. The molecule has 2 aromatic heterocycles. The van der Waals surface area contributed by atoms with Gasteiger partial charge in [0.15, 0.2) is 17.2 Å². The fourth-order valence-corrected chi connectivity index (χ4v) is 4.93. The van der Waals surface area contributed by atoms with Crippen molar-refractivity contribution in [1.82, 2.24) is 35.6 Å². The van der Waals surface area contributed by atoms with Gasteiger partial charge in [0.05, 0.1) is 13.3 Å². The van der Waals surface area contributed by atoms with Crippen LogP contribution < -0.4 is 20.6 Å². The number of nitrogens with zero attached hydrogens (tertiary/aromatic N) is 7. The van der Waals surface area contributed by atoms with Gasteiger partial charge in [-0.3, -0.25) is 9.69 Å². The molecule has 6 rings (SSSR count). The van der Waals surface area contributed by atoms with Crippen LogP contribution in [0.4, 0.5) is 5.82 Å². The molecule has 214 valence electrons. The Labute approximate surface area is 240 Å². The largest absolute Gasteiger partial charge is 0.493 e. The maximum atomic E-state index is 13.4. The molecule has 3 heterocycles. The Balaban J connectivity index is 1.20. The quantitative estimate of drug-likeness (QED) is 0.197. The van der Waals surface area contributed by atoms with Crippen LogP contribution in [0.2, 0.25) is 0 Å². The zero-order valence-electron chi connectivity index (χ0n) is 22.9. The number of anilines is 1. The van der Waals surface area contributed by atoms with Gasteiger partial charge in [0, 0.05) is 11.9 Å². The van der Waals surface area contributed by atoms with E-state index in [2.05, 4.69) is 36.1 Å². The number of hydrogen-bond donors (Lipinski definition) is 2. The summed E-state index contributed by atoms with van der Waals surface area (Å²) >= 11 is 0. The zero-order chi connectivity index (χ0) is 28.9. The molecule has 1 saturated heterocycles. The highest BCUT2D eigenvalue weighted by atomic mass is 16.6. The van der Waals surface area contributed by atoms with Crippen LogP contribution in [0.5, 0.6) is 17.2 Å². The molecule has 1 aliphatic heterocycles. The van der Waals surface area contributed by atoms with Gasteiger partial charge in [-0.2, -0.15) is 9.78 Å². The summed E-state index contributed by atoms with van der Waals surface area (Å²) in [6.45, 7) is 2.29. The number of carbonyl (C=O) groups is 1. The predicted molar refractivity (Wildman–Crippen MR) is 155 cm³/mol. The van der Waals surface area contributed by atoms with Crippen molar-refractivity contribution in [3.05, 3.63) is 77.6 Å². The number of fused-ring (bicyclic) bond motifs is 1. The summed E-state index contributed by atoms with van der Waals surface area (Å²) in [5.74, 6) is 1.31. The van der Waals surface area contributed by atoms with Gasteiger partial charge >= 0.3 is 0 Å². The van der Waals surface area contributed by atoms with Crippen LogP contribution in [0.3, 0.4) is 0 Å². The highest BCUT2D eigenvalue weighted by Gasteiger charge is 2.26. The lowest BCUT2D eigenvalue weighted by atomic mass is 10.1. The highest BCUT2D eigenvalue weighted by molar-refractivity contribution is 5.95. The van der Waals surface area contributed by atoms with E-state index in [1.165, 1.54) is 17.3 Å².